The zero-order valence-electron chi connectivity index (χ0n) is 20.4. The highest BCUT2D eigenvalue weighted by molar-refractivity contribution is 5.74. The molecule has 1 heterocycles. The number of fused-ring (bicyclic) bond motifs is 1. The first-order chi connectivity index (χ1) is 16.0. The minimum atomic E-state index is -0.230. The summed E-state index contributed by atoms with van der Waals surface area (Å²) in [6.45, 7) is 10.0. The minimum Gasteiger partial charge on any atom is -0.335 e. The summed E-state index contributed by atoms with van der Waals surface area (Å²) in [4.78, 5) is 14.6. The number of halogens is 1. The normalized spacial score (nSPS) is 20.4. The molecule has 2 aliphatic carbocycles. The third-order valence-electron chi connectivity index (χ3n) is 7.51. The topological polar surface area (TPSA) is 50.2 Å². The first-order valence-electron chi connectivity index (χ1n) is 12.6. The predicted octanol–water partition coefficient (Wildman–Crippen LogP) is 5.99. The number of allylic oxidation sites excluding steroid dienone is 2. The molecule has 3 atom stereocenters. The maximum atomic E-state index is 13.4. The Morgan fingerprint density at radius 2 is 1.97 bits per heavy atom. The Balaban J connectivity index is 1.52. The number of amides is 2. The van der Waals surface area contributed by atoms with Gasteiger partial charge in [0.05, 0.1) is 17.6 Å². The highest BCUT2D eigenvalue weighted by Gasteiger charge is 2.37. The molecule has 1 unspecified atom stereocenters. The summed E-state index contributed by atoms with van der Waals surface area (Å²) in [6, 6.07) is 6.84. The van der Waals surface area contributed by atoms with Crippen LogP contribution in [0, 0.1) is 11.7 Å². The van der Waals surface area contributed by atoms with Crippen molar-refractivity contribution in [3.63, 3.8) is 0 Å². The number of aromatic nitrogens is 2. The number of benzene rings is 1. The second-order valence-corrected chi connectivity index (χ2v) is 9.47. The fraction of sp³-hybridized carbons (Fsp3) is 0.556. The number of carbonyl (C=O) groups excluding carboxylic acids is 1. The molecule has 33 heavy (non-hydrogen) atoms. The van der Waals surface area contributed by atoms with Gasteiger partial charge in [0.1, 0.15) is 5.82 Å². The van der Waals surface area contributed by atoms with Gasteiger partial charge in [-0.15, -0.1) is 0 Å². The van der Waals surface area contributed by atoms with E-state index in [1.807, 2.05) is 29.6 Å². The lowest BCUT2D eigenvalue weighted by Gasteiger charge is -2.30. The van der Waals surface area contributed by atoms with Crippen molar-refractivity contribution in [1.29, 1.82) is 0 Å². The molecule has 4 rings (SSSR count). The summed E-state index contributed by atoms with van der Waals surface area (Å²) in [5, 5.41) is 8.00. The number of carbonyl (C=O) groups is 1. The SMILES string of the molecule is CCCC(C[C@H]1CCC2=C1[C@@H](C)c1cnn(-c3ccc(F)cc3)c1C2)NC(=O)N(CC)CC. The zero-order chi connectivity index (χ0) is 23.5. The number of nitrogens with one attached hydrogen (secondary N) is 1. The molecule has 2 aromatic rings. The second-order valence-electron chi connectivity index (χ2n) is 9.47. The van der Waals surface area contributed by atoms with Crippen LogP contribution in [-0.2, 0) is 6.42 Å². The second kappa shape index (κ2) is 10.1. The van der Waals surface area contributed by atoms with Gasteiger partial charge in [0.25, 0.3) is 0 Å². The maximum absolute atomic E-state index is 13.4. The van der Waals surface area contributed by atoms with Crippen LogP contribution in [0.1, 0.15) is 77.0 Å². The number of rotatable bonds is 8. The van der Waals surface area contributed by atoms with Crippen molar-refractivity contribution >= 4 is 6.03 Å². The van der Waals surface area contributed by atoms with Crippen LogP contribution in [0.25, 0.3) is 5.69 Å². The molecule has 2 amide bonds. The first kappa shape index (κ1) is 23.5. The largest absolute Gasteiger partial charge is 0.335 e. The van der Waals surface area contributed by atoms with Crippen molar-refractivity contribution in [3.8, 4) is 5.69 Å². The minimum absolute atomic E-state index is 0.0604. The smallest absolute Gasteiger partial charge is 0.317 e. The Kier molecular flexibility index (Phi) is 7.20. The van der Waals surface area contributed by atoms with Gasteiger partial charge in [-0.25, -0.2) is 13.9 Å². The fourth-order valence-electron chi connectivity index (χ4n) is 5.85. The van der Waals surface area contributed by atoms with Gasteiger partial charge in [-0.3, -0.25) is 0 Å². The van der Waals surface area contributed by atoms with Crippen molar-refractivity contribution in [1.82, 2.24) is 20.0 Å². The van der Waals surface area contributed by atoms with Crippen LogP contribution in [0.4, 0.5) is 9.18 Å². The van der Waals surface area contributed by atoms with E-state index in [4.69, 9.17) is 0 Å². The number of hydrogen-bond donors (Lipinski definition) is 1. The van der Waals surface area contributed by atoms with Gasteiger partial charge in [0.15, 0.2) is 0 Å². The van der Waals surface area contributed by atoms with Gasteiger partial charge >= 0.3 is 6.03 Å². The summed E-state index contributed by atoms with van der Waals surface area (Å²) in [6.07, 6.45) is 8.25. The molecule has 0 saturated carbocycles. The molecule has 0 radical (unpaired) electrons. The van der Waals surface area contributed by atoms with Crippen LogP contribution in [0.15, 0.2) is 41.6 Å². The van der Waals surface area contributed by atoms with E-state index in [2.05, 4.69) is 24.3 Å². The molecule has 1 aromatic carbocycles. The molecule has 5 nitrogen and oxygen atoms in total. The van der Waals surface area contributed by atoms with E-state index in [9.17, 15) is 9.18 Å². The molecule has 1 N–H and O–H groups in total. The monoisotopic (exact) mass is 452 g/mol. The number of nitrogens with zero attached hydrogens (tertiary/aromatic N) is 3. The van der Waals surface area contributed by atoms with Crippen molar-refractivity contribution < 1.29 is 9.18 Å². The van der Waals surface area contributed by atoms with Crippen molar-refractivity contribution in [3.05, 3.63) is 58.7 Å². The van der Waals surface area contributed by atoms with Crippen LogP contribution >= 0.6 is 0 Å². The van der Waals surface area contributed by atoms with E-state index in [-0.39, 0.29) is 17.9 Å². The summed E-state index contributed by atoms with van der Waals surface area (Å²) >= 11 is 0. The molecule has 2 aliphatic rings. The van der Waals surface area contributed by atoms with E-state index >= 15 is 0 Å². The van der Waals surface area contributed by atoms with E-state index in [0.717, 1.165) is 57.3 Å². The van der Waals surface area contributed by atoms with E-state index in [0.29, 0.717) is 11.8 Å². The third kappa shape index (κ3) is 4.71. The average Bonchev–Trinajstić information content (AvgIpc) is 3.40. The Morgan fingerprint density at radius 3 is 2.64 bits per heavy atom. The van der Waals surface area contributed by atoms with Gasteiger partial charge in [-0.1, -0.05) is 31.4 Å². The molecule has 0 spiro atoms. The predicted molar refractivity (Wildman–Crippen MR) is 130 cm³/mol. The molecule has 0 bridgehead atoms. The lowest BCUT2D eigenvalue weighted by atomic mass is 9.78. The highest BCUT2D eigenvalue weighted by Crippen LogP contribution is 2.48. The summed E-state index contributed by atoms with van der Waals surface area (Å²) in [5.41, 5.74) is 6.52. The summed E-state index contributed by atoms with van der Waals surface area (Å²) in [5.74, 6) is 0.601. The van der Waals surface area contributed by atoms with Crippen molar-refractivity contribution in [2.75, 3.05) is 13.1 Å². The standard InChI is InChI=1S/C27H37FN4O/c1-5-8-22(30-27(33)31(6-2)7-3)15-19-9-10-20-16-25-24(18(4)26(19)20)17-29-32(25)23-13-11-21(28)12-14-23/h11-14,17-19,22H,5-10,15-16H2,1-4H3,(H,30,33)/t18-,19+,22?/m0/s1. The Bertz CT molecular complexity index is 1010. The van der Waals surface area contributed by atoms with Crippen molar-refractivity contribution in [2.24, 2.45) is 5.92 Å². The molecular weight excluding hydrogens is 415 g/mol. The Morgan fingerprint density at radius 1 is 1.24 bits per heavy atom. The number of urea groups is 1. The molecule has 6 heteroatoms. The Labute approximate surface area is 197 Å². The molecule has 0 fully saturated rings. The van der Waals surface area contributed by atoms with Gasteiger partial charge in [-0.2, -0.15) is 5.10 Å². The van der Waals surface area contributed by atoms with E-state index < -0.39 is 0 Å². The van der Waals surface area contributed by atoms with Crippen LogP contribution in [0.3, 0.4) is 0 Å². The lowest BCUT2D eigenvalue weighted by Crippen LogP contribution is -2.45. The quantitative estimate of drug-likeness (QED) is 0.500. The summed E-state index contributed by atoms with van der Waals surface area (Å²) < 4.78 is 15.4. The Hall–Kier alpha value is -2.63. The lowest BCUT2D eigenvalue weighted by molar-refractivity contribution is 0.196. The fourth-order valence-corrected chi connectivity index (χ4v) is 5.85. The maximum Gasteiger partial charge on any atom is 0.317 e. The third-order valence-corrected chi connectivity index (χ3v) is 7.51. The average molecular weight is 453 g/mol. The van der Waals surface area contributed by atoms with Gasteiger partial charge in [0.2, 0.25) is 0 Å². The molecular formula is C27H37FN4O. The van der Waals surface area contributed by atoms with Crippen LogP contribution in [-0.4, -0.2) is 39.8 Å². The van der Waals surface area contributed by atoms with E-state index in [1.165, 1.54) is 29.0 Å². The number of hydrogen-bond acceptors (Lipinski definition) is 2. The van der Waals surface area contributed by atoms with Crippen LogP contribution in [0.5, 0.6) is 0 Å². The van der Waals surface area contributed by atoms with Crippen LogP contribution in [0.2, 0.25) is 0 Å². The van der Waals surface area contributed by atoms with Gasteiger partial charge in [-0.05, 0) is 69.7 Å². The van der Waals surface area contributed by atoms with E-state index in [1.54, 1.807) is 17.7 Å². The molecule has 178 valence electrons. The molecule has 0 saturated heterocycles. The molecule has 1 aromatic heterocycles. The van der Waals surface area contributed by atoms with Gasteiger partial charge < -0.3 is 10.2 Å². The first-order valence-corrected chi connectivity index (χ1v) is 12.6. The molecule has 0 aliphatic heterocycles. The summed E-state index contributed by atoms with van der Waals surface area (Å²) in [7, 11) is 0. The van der Waals surface area contributed by atoms with Crippen LogP contribution < -0.4 is 5.32 Å². The highest BCUT2D eigenvalue weighted by atomic mass is 19.1. The van der Waals surface area contributed by atoms with Crippen molar-refractivity contribution in [2.45, 2.75) is 78.2 Å². The van der Waals surface area contributed by atoms with Gasteiger partial charge in [0, 0.05) is 37.0 Å². The zero-order valence-corrected chi connectivity index (χ0v) is 20.4.